The Labute approximate surface area is 256 Å². The number of fused-ring (bicyclic) bond motifs is 1. The van der Waals surface area contributed by atoms with Gasteiger partial charge in [0.25, 0.3) is 0 Å². The molecule has 0 fully saturated rings. The lowest BCUT2D eigenvalue weighted by molar-refractivity contribution is -0.102. The number of ether oxygens (including phenoxy) is 3. The van der Waals surface area contributed by atoms with Crippen LogP contribution in [0.5, 0.6) is 11.5 Å². The first-order chi connectivity index (χ1) is 21.2. The van der Waals surface area contributed by atoms with Crippen LogP contribution in [0.2, 0.25) is 0 Å². The smallest absolute Gasteiger partial charge is 0.206 e. The molecule has 0 aromatic heterocycles. The van der Waals surface area contributed by atoms with E-state index in [1.54, 1.807) is 0 Å². The predicted molar refractivity (Wildman–Crippen MR) is 176 cm³/mol. The van der Waals surface area contributed by atoms with E-state index >= 15 is 0 Å². The van der Waals surface area contributed by atoms with Gasteiger partial charge in [-0.25, -0.2) is 0 Å². The fraction of sp³-hybridized carbons (Fsp3) is 0.250. The minimum atomic E-state index is -0.403. The Hall–Kier alpha value is -4.34. The summed E-state index contributed by atoms with van der Waals surface area (Å²) < 4.78 is 19.7. The number of benzene rings is 5. The molecule has 43 heavy (non-hydrogen) atoms. The molecule has 1 aliphatic rings. The van der Waals surface area contributed by atoms with E-state index < -0.39 is 6.29 Å². The first kappa shape index (κ1) is 28.8. The molecule has 3 heteroatoms. The van der Waals surface area contributed by atoms with Crippen LogP contribution in [-0.2, 0) is 11.2 Å². The topological polar surface area (TPSA) is 27.7 Å². The average molecular weight is 569 g/mol. The van der Waals surface area contributed by atoms with Crippen LogP contribution in [0.3, 0.4) is 0 Å². The van der Waals surface area contributed by atoms with E-state index in [1.807, 2.05) is 12.1 Å². The Morgan fingerprint density at radius 3 is 1.95 bits per heavy atom. The third kappa shape index (κ3) is 6.68. The fourth-order valence-corrected chi connectivity index (χ4v) is 6.04. The highest BCUT2D eigenvalue weighted by Crippen LogP contribution is 2.40. The van der Waals surface area contributed by atoms with Crippen molar-refractivity contribution in [2.75, 3.05) is 13.2 Å². The molecule has 0 heterocycles. The highest BCUT2D eigenvalue weighted by atomic mass is 16.7. The Kier molecular flexibility index (Phi) is 9.20. The van der Waals surface area contributed by atoms with Crippen LogP contribution >= 0.6 is 0 Å². The molecule has 5 aromatic rings. The van der Waals surface area contributed by atoms with Gasteiger partial charge in [-0.2, -0.15) is 0 Å². The zero-order valence-corrected chi connectivity index (χ0v) is 25.1. The molecule has 0 aliphatic heterocycles. The van der Waals surface area contributed by atoms with E-state index in [1.165, 1.54) is 16.7 Å². The molecule has 218 valence electrons. The zero-order chi connectivity index (χ0) is 29.4. The lowest BCUT2D eigenvalue weighted by Gasteiger charge is -2.26. The quantitative estimate of drug-likeness (QED) is 0.111. The van der Waals surface area contributed by atoms with E-state index in [0.29, 0.717) is 19.1 Å². The second-order valence-corrected chi connectivity index (χ2v) is 11.3. The van der Waals surface area contributed by atoms with E-state index in [2.05, 4.69) is 129 Å². The number of para-hydroxylation sites is 1. The normalized spacial score (nSPS) is 15.4. The van der Waals surface area contributed by atoms with Crippen molar-refractivity contribution in [3.05, 3.63) is 144 Å². The molecule has 0 radical (unpaired) electrons. The maximum absolute atomic E-state index is 6.58. The number of rotatable bonds is 12. The fourth-order valence-electron chi connectivity index (χ4n) is 6.04. The molecule has 0 saturated carbocycles. The van der Waals surface area contributed by atoms with Crippen molar-refractivity contribution in [2.24, 2.45) is 0 Å². The highest BCUT2D eigenvalue weighted by molar-refractivity contribution is 5.82. The molecule has 6 rings (SSSR count). The van der Waals surface area contributed by atoms with Crippen molar-refractivity contribution in [3.63, 3.8) is 0 Å². The Bertz CT molecular complexity index is 1540. The zero-order valence-electron chi connectivity index (χ0n) is 25.1. The Balaban J connectivity index is 1.22. The molecule has 5 aromatic carbocycles. The summed E-state index contributed by atoms with van der Waals surface area (Å²) in [5.41, 5.74) is 8.43. The van der Waals surface area contributed by atoms with Gasteiger partial charge in [-0.1, -0.05) is 129 Å². The summed E-state index contributed by atoms with van der Waals surface area (Å²) in [6.45, 7) is 5.30. The summed E-state index contributed by atoms with van der Waals surface area (Å²) >= 11 is 0. The van der Waals surface area contributed by atoms with Gasteiger partial charge in [0.1, 0.15) is 18.1 Å². The molecule has 0 spiro atoms. The SMILES string of the molecule is CCC(C)c1ccc(OC(OCCOc2c(-c3ccccc3)cccc2-c2ccccc2)C2CCc3ccccc32)cc1. The van der Waals surface area contributed by atoms with Crippen molar-refractivity contribution < 1.29 is 14.2 Å². The van der Waals surface area contributed by atoms with Crippen LogP contribution in [0.15, 0.2) is 127 Å². The summed E-state index contributed by atoms with van der Waals surface area (Å²) in [5, 5.41) is 0. The lowest BCUT2D eigenvalue weighted by atomic mass is 9.97. The second kappa shape index (κ2) is 13.8. The number of aryl methyl sites for hydroxylation is 1. The molecule has 0 N–H and O–H groups in total. The second-order valence-electron chi connectivity index (χ2n) is 11.3. The van der Waals surface area contributed by atoms with Gasteiger partial charge in [0.05, 0.1) is 6.61 Å². The summed E-state index contributed by atoms with van der Waals surface area (Å²) in [4.78, 5) is 0. The lowest BCUT2D eigenvalue weighted by Crippen LogP contribution is -2.29. The van der Waals surface area contributed by atoms with Crippen molar-refractivity contribution >= 4 is 0 Å². The molecule has 1 aliphatic carbocycles. The van der Waals surface area contributed by atoms with Crippen LogP contribution < -0.4 is 9.47 Å². The minimum absolute atomic E-state index is 0.168. The summed E-state index contributed by atoms with van der Waals surface area (Å²) in [6, 6.07) is 44.4. The van der Waals surface area contributed by atoms with E-state index in [9.17, 15) is 0 Å². The van der Waals surface area contributed by atoms with Gasteiger partial charge in [-0.15, -0.1) is 0 Å². The molecular formula is C40H40O3. The molecule has 0 bridgehead atoms. The number of hydrogen-bond acceptors (Lipinski definition) is 3. The van der Waals surface area contributed by atoms with Crippen LogP contribution in [0.25, 0.3) is 22.3 Å². The molecule has 0 amide bonds. The summed E-state index contributed by atoms with van der Waals surface area (Å²) in [7, 11) is 0. The monoisotopic (exact) mass is 568 g/mol. The Morgan fingerprint density at radius 2 is 1.30 bits per heavy atom. The van der Waals surface area contributed by atoms with Crippen LogP contribution in [0, 0.1) is 0 Å². The molecular weight excluding hydrogens is 528 g/mol. The molecule has 3 atom stereocenters. The first-order valence-electron chi connectivity index (χ1n) is 15.5. The summed E-state index contributed by atoms with van der Waals surface area (Å²) in [5.74, 6) is 2.40. The maximum Gasteiger partial charge on any atom is 0.206 e. The van der Waals surface area contributed by atoms with Gasteiger partial charge in [0, 0.05) is 17.0 Å². The van der Waals surface area contributed by atoms with Crippen molar-refractivity contribution in [2.45, 2.75) is 51.2 Å². The molecule has 3 unspecified atom stereocenters. The Morgan fingerprint density at radius 1 is 0.674 bits per heavy atom. The van der Waals surface area contributed by atoms with Gasteiger partial charge < -0.3 is 14.2 Å². The standard InChI is InChI=1S/C40H40O3/c1-3-29(2)30-21-24-34(25-22-30)43-40(38-26-23-33-17-10-11-18-35(33)38)42-28-27-41-39-36(31-13-6-4-7-14-31)19-12-20-37(39)32-15-8-5-9-16-32/h4-22,24-25,29,38,40H,3,23,26-28H2,1-2H3. The van der Waals surface area contributed by atoms with Crippen molar-refractivity contribution in [1.29, 1.82) is 0 Å². The number of hydrogen-bond donors (Lipinski definition) is 0. The third-order valence-electron chi connectivity index (χ3n) is 8.62. The van der Waals surface area contributed by atoms with Crippen LogP contribution in [0.1, 0.15) is 55.2 Å². The van der Waals surface area contributed by atoms with Gasteiger partial charge >= 0.3 is 0 Å². The average Bonchev–Trinajstić information content (AvgIpc) is 3.51. The van der Waals surface area contributed by atoms with Crippen molar-refractivity contribution in [3.8, 4) is 33.8 Å². The van der Waals surface area contributed by atoms with E-state index in [4.69, 9.17) is 14.2 Å². The first-order valence-corrected chi connectivity index (χ1v) is 15.5. The van der Waals surface area contributed by atoms with Gasteiger partial charge in [-0.3, -0.25) is 0 Å². The van der Waals surface area contributed by atoms with Gasteiger partial charge in [0.15, 0.2) is 0 Å². The predicted octanol–water partition coefficient (Wildman–Crippen LogP) is 10.1. The minimum Gasteiger partial charge on any atom is -0.490 e. The van der Waals surface area contributed by atoms with Crippen LogP contribution in [0.4, 0.5) is 0 Å². The van der Waals surface area contributed by atoms with Crippen LogP contribution in [-0.4, -0.2) is 19.5 Å². The highest BCUT2D eigenvalue weighted by Gasteiger charge is 2.32. The van der Waals surface area contributed by atoms with Gasteiger partial charge in [0.2, 0.25) is 6.29 Å². The third-order valence-corrected chi connectivity index (χ3v) is 8.62. The van der Waals surface area contributed by atoms with Gasteiger partial charge in [-0.05, 0) is 65.1 Å². The van der Waals surface area contributed by atoms with E-state index in [0.717, 1.165) is 53.0 Å². The van der Waals surface area contributed by atoms with Crippen molar-refractivity contribution in [1.82, 2.24) is 0 Å². The largest absolute Gasteiger partial charge is 0.490 e. The van der Waals surface area contributed by atoms with E-state index in [-0.39, 0.29) is 5.92 Å². The maximum atomic E-state index is 6.58. The summed E-state index contributed by atoms with van der Waals surface area (Å²) in [6.07, 6.45) is 2.76. The molecule has 3 nitrogen and oxygen atoms in total. The molecule has 0 saturated heterocycles.